The number of terminal acetylenes is 1. The summed E-state index contributed by atoms with van der Waals surface area (Å²) in [6.07, 6.45) is 6.21. The van der Waals surface area contributed by atoms with Gasteiger partial charge in [0.2, 0.25) is 11.8 Å². The van der Waals surface area contributed by atoms with Gasteiger partial charge in [-0.3, -0.25) is 9.59 Å². The van der Waals surface area contributed by atoms with Crippen LogP contribution in [0.2, 0.25) is 0 Å². The van der Waals surface area contributed by atoms with Gasteiger partial charge in [-0.05, 0) is 24.5 Å². The molecule has 0 saturated carbocycles. The second kappa shape index (κ2) is 11.3. The van der Waals surface area contributed by atoms with E-state index in [0.29, 0.717) is 13.0 Å². The molecule has 0 aromatic heterocycles. The van der Waals surface area contributed by atoms with Crippen molar-refractivity contribution >= 4 is 17.8 Å². The highest BCUT2D eigenvalue weighted by molar-refractivity contribution is 5.91. The smallest absolute Gasteiger partial charge is 0.333 e. The van der Waals surface area contributed by atoms with Crippen LogP contribution in [0.15, 0.2) is 60.7 Å². The monoisotopic (exact) mass is 487 g/mol. The summed E-state index contributed by atoms with van der Waals surface area (Å²) in [5.41, 5.74) is 1.96. The maximum Gasteiger partial charge on any atom is 0.334 e. The topological polar surface area (TPSA) is 76.2 Å². The van der Waals surface area contributed by atoms with E-state index < -0.39 is 12.2 Å². The number of piperazine rings is 1. The van der Waals surface area contributed by atoms with E-state index in [9.17, 15) is 14.4 Å². The summed E-state index contributed by atoms with van der Waals surface area (Å²) in [5, 5.41) is 6.12. The van der Waals surface area contributed by atoms with Crippen LogP contribution in [0.3, 0.4) is 0 Å². The molecule has 0 radical (unpaired) electrons. The van der Waals surface area contributed by atoms with Crippen molar-refractivity contribution in [2.75, 3.05) is 19.6 Å². The molecule has 2 heterocycles. The molecule has 2 saturated heterocycles. The molecule has 4 rings (SSSR count). The lowest BCUT2D eigenvalue weighted by atomic mass is 9.98. The van der Waals surface area contributed by atoms with Crippen LogP contribution < -0.4 is 5.32 Å². The van der Waals surface area contributed by atoms with Gasteiger partial charge in [-0.1, -0.05) is 79.9 Å². The van der Waals surface area contributed by atoms with Crippen LogP contribution in [-0.2, 0) is 16.1 Å². The lowest BCUT2D eigenvalue weighted by Gasteiger charge is -2.55. The van der Waals surface area contributed by atoms with Gasteiger partial charge in [0.1, 0.15) is 12.2 Å². The van der Waals surface area contributed by atoms with Crippen molar-refractivity contribution < 1.29 is 14.4 Å². The number of hydrogen-bond acceptors (Lipinski definition) is 4. The third kappa shape index (κ3) is 5.07. The van der Waals surface area contributed by atoms with Gasteiger partial charge in [0.05, 0.1) is 25.7 Å². The molecular weight excluding hydrogens is 454 g/mol. The summed E-state index contributed by atoms with van der Waals surface area (Å²) in [4.78, 5) is 44.0. The van der Waals surface area contributed by atoms with Crippen molar-refractivity contribution in [3.63, 3.8) is 0 Å². The summed E-state index contributed by atoms with van der Waals surface area (Å²) in [6, 6.07) is 18.2. The van der Waals surface area contributed by atoms with Gasteiger partial charge in [0.25, 0.3) is 0 Å². The van der Waals surface area contributed by atoms with E-state index in [-0.39, 0.29) is 43.5 Å². The number of nitrogens with one attached hydrogen (secondary N) is 1. The van der Waals surface area contributed by atoms with E-state index in [4.69, 9.17) is 6.42 Å². The van der Waals surface area contributed by atoms with Crippen molar-refractivity contribution in [2.45, 2.75) is 51.5 Å². The molecule has 2 fully saturated rings. The first-order chi connectivity index (χ1) is 17.5. The highest BCUT2D eigenvalue weighted by Crippen LogP contribution is 2.32. The van der Waals surface area contributed by atoms with Crippen LogP contribution in [0.25, 0.3) is 0 Å². The fraction of sp³-hybridized carbons (Fsp3) is 0.393. The van der Waals surface area contributed by atoms with Gasteiger partial charge in [-0.2, -0.15) is 5.01 Å². The Morgan fingerprint density at radius 3 is 2.42 bits per heavy atom. The number of fused-ring (bicyclic) bond motifs is 1. The summed E-state index contributed by atoms with van der Waals surface area (Å²) in [6.45, 7) is 4.56. The maximum atomic E-state index is 13.7. The maximum absolute atomic E-state index is 13.7. The molecule has 3 atom stereocenters. The molecule has 36 heavy (non-hydrogen) atoms. The molecule has 1 N–H and O–H groups in total. The highest BCUT2D eigenvalue weighted by atomic mass is 16.2. The fourth-order valence-electron chi connectivity index (χ4n) is 5.06. The van der Waals surface area contributed by atoms with Gasteiger partial charge in [-0.25, -0.2) is 9.80 Å². The summed E-state index contributed by atoms with van der Waals surface area (Å²) >= 11 is 0. The summed E-state index contributed by atoms with van der Waals surface area (Å²) in [7, 11) is 0. The van der Waals surface area contributed by atoms with E-state index in [1.807, 2.05) is 74.5 Å². The van der Waals surface area contributed by atoms with Crippen LogP contribution in [0.1, 0.15) is 43.9 Å². The van der Waals surface area contributed by atoms with Gasteiger partial charge in [0.15, 0.2) is 0 Å². The van der Waals surface area contributed by atoms with Gasteiger partial charge in [-0.15, -0.1) is 6.42 Å². The normalized spacial score (nSPS) is 21.1. The first kappa shape index (κ1) is 25.3. The van der Waals surface area contributed by atoms with Gasteiger partial charge >= 0.3 is 6.03 Å². The van der Waals surface area contributed by atoms with E-state index >= 15 is 0 Å². The third-order valence-electron chi connectivity index (χ3n) is 6.86. The third-order valence-corrected chi connectivity index (χ3v) is 6.86. The lowest BCUT2D eigenvalue weighted by molar-refractivity contribution is -0.191. The Bertz CT molecular complexity index is 1120. The quantitative estimate of drug-likeness (QED) is 0.610. The Hall–Kier alpha value is -3.83. The van der Waals surface area contributed by atoms with Gasteiger partial charge in [0, 0.05) is 6.54 Å². The Kier molecular flexibility index (Phi) is 7.91. The van der Waals surface area contributed by atoms with E-state index in [0.717, 1.165) is 17.5 Å². The molecule has 8 nitrogen and oxygen atoms in total. The Balaban J connectivity index is 1.67. The Morgan fingerprint density at radius 2 is 1.78 bits per heavy atom. The number of amides is 4. The van der Waals surface area contributed by atoms with Crippen molar-refractivity contribution in [1.82, 2.24) is 25.1 Å². The number of urea groups is 1. The van der Waals surface area contributed by atoms with Crippen LogP contribution >= 0.6 is 0 Å². The molecule has 0 aliphatic carbocycles. The van der Waals surface area contributed by atoms with Crippen molar-refractivity contribution in [1.29, 1.82) is 0 Å². The molecule has 0 bridgehead atoms. The van der Waals surface area contributed by atoms with E-state index in [1.54, 1.807) is 19.8 Å². The standard InChI is InChI=1S/C28H33N5O3/c1-4-12-24-27(35)31(21(3)23-15-10-7-11-16-23)19-25-32(24)26(34)20-30(17-5-2)33(25)28(36)29-18-22-13-8-6-9-14-22/h2,6-11,13-16,21,24-25H,4,12,17-20H2,1,3H3,(H,29,36)/t21-,24+,25+/m1/s1. The number of benzene rings is 2. The van der Waals surface area contributed by atoms with Crippen molar-refractivity contribution in [3.05, 3.63) is 71.8 Å². The largest absolute Gasteiger partial charge is 0.334 e. The molecule has 2 aliphatic heterocycles. The number of hydrogen-bond donors (Lipinski definition) is 1. The molecule has 2 aromatic rings. The molecule has 2 aromatic carbocycles. The molecule has 8 heteroatoms. The lowest BCUT2D eigenvalue weighted by Crippen LogP contribution is -2.76. The number of carbonyl (C=O) groups excluding carboxylic acids is 3. The number of rotatable bonds is 7. The minimum absolute atomic E-state index is 0.0544. The van der Waals surface area contributed by atoms with Crippen molar-refractivity contribution in [3.8, 4) is 12.3 Å². The predicted molar refractivity (Wildman–Crippen MR) is 137 cm³/mol. The first-order valence-corrected chi connectivity index (χ1v) is 12.4. The molecule has 2 aliphatic rings. The Morgan fingerprint density at radius 1 is 1.11 bits per heavy atom. The zero-order valence-corrected chi connectivity index (χ0v) is 20.8. The number of hydrazine groups is 1. The van der Waals surface area contributed by atoms with Crippen LogP contribution in [0.4, 0.5) is 4.79 Å². The average molecular weight is 488 g/mol. The number of nitrogens with zero attached hydrogens (tertiary/aromatic N) is 4. The predicted octanol–water partition coefficient (Wildman–Crippen LogP) is 2.99. The molecule has 0 unspecified atom stereocenters. The SMILES string of the molecule is C#CCN1CC(=O)N2[C@@H](CCC)C(=O)N([C@H](C)c3ccccc3)C[C@@H]2N1C(=O)NCc1ccccc1. The van der Waals surface area contributed by atoms with E-state index in [2.05, 4.69) is 11.2 Å². The summed E-state index contributed by atoms with van der Waals surface area (Å²) in [5.74, 6) is 2.29. The van der Waals surface area contributed by atoms with Crippen LogP contribution in [0.5, 0.6) is 0 Å². The fourth-order valence-corrected chi connectivity index (χ4v) is 5.06. The van der Waals surface area contributed by atoms with Crippen molar-refractivity contribution in [2.24, 2.45) is 0 Å². The van der Waals surface area contributed by atoms with Crippen LogP contribution in [-0.4, -0.2) is 69.5 Å². The molecule has 0 spiro atoms. The second-order valence-corrected chi connectivity index (χ2v) is 9.18. The zero-order valence-electron chi connectivity index (χ0n) is 20.8. The van der Waals surface area contributed by atoms with E-state index in [1.165, 1.54) is 0 Å². The minimum atomic E-state index is -0.657. The molecule has 188 valence electrons. The number of carbonyl (C=O) groups is 3. The summed E-state index contributed by atoms with van der Waals surface area (Å²) < 4.78 is 0. The van der Waals surface area contributed by atoms with Gasteiger partial charge < -0.3 is 15.1 Å². The molecule has 4 amide bonds. The average Bonchev–Trinajstić information content (AvgIpc) is 2.89. The first-order valence-electron chi connectivity index (χ1n) is 12.4. The molecular formula is C28H33N5O3. The second-order valence-electron chi connectivity index (χ2n) is 9.18. The zero-order chi connectivity index (χ0) is 25.7. The Labute approximate surface area is 212 Å². The highest BCUT2D eigenvalue weighted by Gasteiger charge is 2.51. The minimum Gasteiger partial charge on any atom is -0.333 e. The van der Waals surface area contributed by atoms with Crippen LogP contribution in [0, 0.1) is 12.3 Å².